The Morgan fingerprint density at radius 3 is 2.55 bits per heavy atom. The zero-order valence-corrected chi connectivity index (χ0v) is 18.1. The third kappa shape index (κ3) is 5.62. The van der Waals surface area contributed by atoms with Crippen molar-refractivity contribution in [1.29, 1.82) is 0 Å². The Bertz CT molecular complexity index is 869. The molecular weight excluding hydrogens is 452 g/mol. The lowest BCUT2D eigenvalue weighted by Gasteiger charge is -2.38. The van der Waals surface area contributed by atoms with Gasteiger partial charge in [0.15, 0.2) is 0 Å². The molecule has 184 valence electrons. The lowest BCUT2D eigenvalue weighted by Crippen LogP contribution is -2.48. The number of ether oxygens (including phenoxy) is 1. The number of pyridine rings is 1. The van der Waals surface area contributed by atoms with Crippen LogP contribution in [0.3, 0.4) is 0 Å². The molecule has 3 heterocycles. The monoisotopic (exact) mass is 479 g/mol. The van der Waals surface area contributed by atoms with Gasteiger partial charge < -0.3 is 15.0 Å². The maximum absolute atomic E-state index is 13.5. The summed E-state index contributed by atoms with van der Waals surface area (Å²) < 4.78 is 85.2. The van der Waals surface area contributed by atoms with E-state index < -0.39 is 35.7 Å². The molecule has 4 rings (SSSR count). The van der Waals surface area contributed by atoms with Gasteiger partial charge in [-0.15, -0.1) is 0 Å². The second-order valence-electron chi connectivity index (χ2n) is 9.37. The fraction of sp³-hybridized carbons (Fsp3) is 0.727. The smallest absolute Gasteiger partial charge is 0.381 e. The molecule has 0 unspecified atom stereocenters. The summed E-state index contributed by atoms with van der Waals surface area (Å²) in [5.74, 6) is -0.626. The van der Waals surface area contributed by atoms with Crippen molar-refractivity contribution < 1.29 is 35.9 Å². The Morgan fingerprint density at radius 2 is 1.88 bits per heavy atom. The number of hydrogen-bond donors (Lipinski definition) is 1. The lowest BCUT2D eigenvalue weighted by molar-refractivity contribution is -0.174. The minimum absolute atomic E-state index is 0.0624. The van der Waals surface area contributed by atoms with Crippen LogP contribution in [0.25, 0.3) is 0 Å². The van der Waals surface area contributed by atoms with E-state index in [1.165, 1.54) is 4.90 Å². The van der Waals surface area contributed by atoms with Crippen molar-refractivity contribution in [2.75, 3.05) is 19.8 Å². The van der Waals surface area contributed by atoms with Crippen LogP contribution in [0.1, 0.15) is 55.3 Å². The van der Waals surface area contributed by atoms with Gasteiger partial charge in [-0.25, -0.2) is 0 Å². The molecule has 1 aromatic rings. The third-order valence-corrected chi connectivity index (χ3v) is 6.95. The van der Waals surface area contributed by atoms with Crippen molar-refractivity contribution in [1.82, 2.24) is 15.2 Å². The summed E-state index contributed by atoms with van der Waals surface area (Å²) in [6.45, 7) is 1.17. The molecule has 5 nitrogen and oxygen atoms in total. The molecule has 1 saturated heterocycles. The second-order valence-corrected chi connectivity index (χ2v) is 9.37. The van der Waals surface area contributed by atoms with Crippen LogP contribution in [0.4, 0.5) is 26.3 Å². The number of hydrogen-bond acceptors (Lipinski definition) is 4. The molecule has 11 heteroatoms. The molecule has 2 fully saturated rings. The number of carbonyl (C=O) groups excluding carboxylic acids is 1. The number of carbonyl (C=O) groups is 1. The SMILES string of the molecule is O=C(N1CCc2ncc(C(F)(F)F)cc2C1)[C@@]1(CC(F)(F)F)CC[C@@H](NC2CCOCC2)C1. The van der Waals surface area contributed by atoms with Crippen LogP contribution in [-0.2, 0) is 28.7 Å². The molecule has 0 bridgehead atoms. The van der Waals surface area contributed by atoms with E-state index in [2.05, 4.69) is 10.3 Å². The first-order valence-corrected chi connectivity index (χ1v) is 11.2. The van der Waals surface area contributed by atoms with Crippen LogP contribution in [0.2, 0.25) is 0 Å². The molecule has 2 aliphatic heterocycles. The molecule has 3 aliphatic rings. The zero-order chi connectivity index (χ0) is 23.9. The number of nitrogens with one attached hydrogen (secondary N) is 1. The van der Waals surface area contributed by atoms with E-state index in [4.69, 9.17) is 4.74 Å². The van der Waals surface area contributed by atoms with Gasteiger partial charge in [-0.1, -0.05) is 0 Å². The van der Waals surface area contributed by atoms with Gasteiger partial charge in [-0.2, -0.15) is 26.3 Å². The number of fused-ring (bicyclic) bond motifs is 1. The largest absolute Gasteiger partial charge is 0.417 e. The fourth-order valence-electron chi connectivity index (χ4n) is 5.37. The highest BCUT2D eigenvalue weighted by Gasteiger charge is 2.53. The second kappa shape index (κ2) is 9.05. The number of rotatable bonds is 4. The van der Waals surface area contributed by atoms with Crippen molar-refractivity contribution in [2.24, 2.45) is 5.41 Å². The van der Waals surface area contributed by atoms with E-state index in [1.54, 1.807) is 0 Å². The topological polar surface area (TPSA) is 54.5 Å². The van der Waals surface area contributed by atoms with E-state index in [1.807, 2.05) is 0 Å². The molecular formula is C22H27F6N3O2. The summed E-state index contributed by atoms with van der Waals surface area (Å²) in [5.41, 5.74) is -1.85. The molecule has 33 heavy (non-hydrogen) atoms. The maximum atomic E-state index is 13.5. The standard InChI is InChI=1S/C22H27F6N3O2/c23-21(24,25)13-20(5-1-17(10-20)30-16-3-7-33-8-4-16)19(32)31-6-2-18-14(12-31)9-15(11-29-18)22(26,27)28/h9,11,16-17,30H,1-8,10,12-13H2/t17-,20+/m1/s1. The van der Waals surface area contributed by atoms with Crippen molar-refractivity contribution >= 4 is 5.91 Å². The predicted octanol–water partition coefficient (Wildman–Crippen LogP) is 4.25. The quantitative estimate of drug-likeness (QED) is 0.657. The molecule has 0 spiro atoms. The zero-order valence-electron chi connectivity index (χ0n) is 18.1. The molecule has 1 N–H and O–H groups in total. The first kappa shape index (κ1) is 24.3. The van der Waals surface area contributed by atoms with Crippen LogP contribution < -0.4 is 5.32 Å². The van der Waals surface area contributed by atoms with E-state index in [9.17, 15) is 31.1 Å². The molecule has 0 aromatic carbocycles. The molecule has 1 amide bonds. The van der Waals surface area contributed by atoms with Gasteiger partial charge in [-0.3, -0.25) is 9.78 Å². The first-order chi connectivity index (χ1) is 15.5. The van der Waals surface area contributed by atoms with Crippen LogP contribution in [0, 0.1) is 5.41 Å². The Hall–Kier alpha value is -1.88. The van der Waals surface area contributed by atoms with E-state index in [0.29, 0.717) is 25.3 Å². The van der Waals surface area contributed by atoms with Gasteiger partial charge in [0.1, 0.15) is 0 Å². The van der Waals surface area contributed by atoms with Gasteiger partial charge in [0.2, 0.25) is 5.91 Å². The number of alkyl halides is 6. The minimum atomic E-state index is -4.58. The summed E-state index contributed by atoms with van der Waals surface area (Å²) in [5, 5.41) is 3.40. The highest BCUT2D eigenvalue weighted by Crippen LogP contribution is 2.48. The van der Waals surface area contributed by atoms with Crippen molar-refractivity contribution in [3.8, 4) is 0 Å². The van der Waals surface area contributed by atoms with Crippen LogP contribution in [0.5, 0.6) is 0 Å². The predicted molar refractivity (Wildman–Crippen MR) is 106 cm³/mol. The maximum Gasteiger partial charge on any atom is 0.417 e. The van der Waals surface area contributed by atoms with Crippen molar-refractivity contribution in [2.45, 2.75) is 75.9 Å². The third-order valence-electron chi connectivity index (χ3n) is 6.95. The number of halogens is 6. The molecule has 1 saturated carbocycles. The van der Waals surface area contributed by atoms with Gasteiger partial charge in [0, 0.05) is 56.7 Å². The summed E-state index contributed by atoms with van der Waals surface area (Å²) >= 11 is 0. The van der Waals surface area contributed by atoms with Crippen LogP contribution >= 0.6 is 0 Å². The van der Waals surface area contributed by atoms with E-state index in [0.717, 1.165) is 25.1 Å². The van der Waals surface area contributed by atoms with Crippen molar-refractivity contribution in [3.63, 3.8) is 0 Å². The van der Waals surface area contributed by atoms with Crippen molar-refractivity contribution in [3.05, 3.63) is 29.1 Å². The van der Waals surface area contributed by atoms with Gasteiger partial charge >= 0.3 is 12.4 Å². The number of nitrogens with zero attached hydrogens (tertiary/aromatic N) is 2. The molecule has 1 aromatic heterocycles. The average Bonchev–Trinajstić information content (AvgIpc) is 3.14. The Kier molecular flexibility index (Phi) is 6.65. The molecule has 0 radical (unpaired) electrons. The summed E-state index contributed by atoms with van der Waals surface area (Å²) in [4.78, 5) is 18.6. The number of amides is 1. The van der Waals surface area contributed by atoms with Gasteiger partial charge in [0.05, 0.1) is 17.4 Å². The normalized spacial score (nSPS) is 27.0. The Balaban J connectivity index is 1.52. The average molecular weight is 479 g/mol. The van der Waals surface area contributed by atoms with Gasteiger partial charge in [0.25, 0.3) is 0 Å². The highest BCUT2D eigenvalue weighted by molar-refractivity contribution is 5.83. The number of aromatic nitrogens is 1. The summed E-state index contributed by atoms with van der Waals surface area (Å²) in [6, 6.07) is 0.881. The van der Waals surface area contributed by atoms with E-state index >= 15 is 0 Å². The summed E-state index contributed by atoms with van der Waals surface area (Å²) in [6.07, 6.45) is -7.22. The van der Waals surface area contributed by atoms with Crippen LogP contribution in [0.15, 0.2) is 12.3 Å². The molecule has 2 atom stereocenters. The Labute approximate surface area is 187 Å². The molecule has 1 aliphatic carbocycles. The minimum Gasteiger partial charge on any atom is -0.381 e. The summed E-state index contributed by atoms with van der Waals surface area (Å²) in [7, 11) is 0. The lowest BCUT2D eigenvalue weighted by atomic mass is 9.80. The highest BCUT2D eigenvalue weighted by atomic mass is 19.4. The fourth-order valence-corrected chi connectivity index (χ4v) is 5.37. The van der Waals surface area contributed by atoms with E-state index in [-0.39, 0.29) is 50.0 Å². The van der Waals surface area contributed by atoms with Gasteiger partial charge in [-0.05, 0) is 43.7 Å². The Morgan fingerprint density at radius 1 is 1.15 bits per heavy atom. The van der Waals surface area contributed by atoms with Crippen LogP contribution in [-0.4, -0.2) is 53.8 Å². The first-order valence-electron chi connectivity index (χ1n) is 11.2.